The Morgan fingerprint density at radius 2 is 1.37 bits per heavy atom. The van der Waals surface area contributed by atoms with Crippen LogP contribution in [0, 0.1) is 0 Å². The SMILES string of the molecule is O=C(Nc1cccc(NC(=O)c2ccc(OCC(F)(F)F)cc2)c1)c1ccncc1. The van der Waals surface area contributed by atoms with Crippen LogP contribution in [0.1, 0.15) is 20.7 Å². The molecule has 0 atom stereocenters. The largest absolute Gasteiger partial charge is 0.484 e. The van der Waals surface area contributed by atoms with Gasteiger partial charge in [0, 0.05) is 34.9 Å². The quantitative estimate of drug-likeness (QED) is 0.620. The number of alkyl halides is 3. The highest BCUT2D eigenvalue weighted by Crippen LogP contribution is 2.20. The fourth-order valence-corrected chi connectivity index (χ4v) is 2.45. The van der Waals surface area contributed by atoms with Gasteiger partial charge in [-0.3, -0.25) is 14.6 Å². The Labute approximate surface area is 169 Å². The zero-order valence-electron chi connectivity index (χ0n) is 15.4. The number of nitrogens with zero attached hydrogens (tertiary/aromatic N) is 1. The van der Waals surface area contributed by atoms with Gasteiger partial charge in [0.1, 0.15) is 5.75 Å². The summed E-state index contributed by atoms with van der Waals surface area (Å²) >= 11 is 0. The predicted octanol–water partition coefficient (Wildman–Crippen LogP) is 4.53. The molecule has 0 unspecified atom stereocenters. The van der Waals surface area contributed by atoms with Gasteiger partial charge in [-0.05, 0) is 54.6 Å². The minimum Gasteiger partial charge on any atom is -0.484 e. The molecule has 2 amide bonds. The van der Waals surface area contributed by atoms with E-state index in [9.17, 15) is 22.8 Å². The molecule has 9 heteroatoms. The molecule has 0 spiro atoms. The molecule has 2 aromatic carbocycles. The third-order valence-corrected chi connectivity index (χ3v) is 3.84. The molecule has 6 nitrogen and oxygen atoms in total. The van der Waals surface area contributed by atoms with Crippen molar-refractivity contribution in [3.63, 3.8) is 0 Å². The summed E-state index contributed by atoms with van der Waals surface area (Å²) in [7, 11) is 0. The van der Waals surface area contributed by atoms with Gasteiger partial charge in [-0.1, -0.05) is 6.07 Å². The van der Waals surface area contributed by atoms with Crippen LogP contribution in [0.4, 0.5) is 24.5 Å². The lowest BCUT2D eigenvalue weighted by molar-refractivity contribution is -0.153. The highest BCUT2D eigenvalue weighted by Gasteiger charge is 2.28. The maximum Gasteiger partial charge on any atom is 0.422 e. The van der Waals surface area contributed by atoms with E-state index in [-0.39, 0.29) is 17.2 Å². The minimum atomic E-state index is -4.44. The van der Waals surface area contributed by atoms with Gasteiger partial charge in [-0.2, -0.15) is 13.2 Å². The minimum absolute atomic E-state index is 0.00435. The highest BCUT2D eigenvalue weighted by atomic mass is 19.4. The molecule has 0 aliphatic rings. The molecule has 30 heavy (non-hydrogen) atoms. The summed E-state index contributed by atoms with van der Waals surface area (Å²) in [5.74, 6) is -0.782. The molecule has 0 saturated heterocycles. The summed E-state index contributed by atoms with van der Waals surface area (Å²) in [6, 6.07) is 15.0. The lowest BCUT2D eigenvalue weighted by Crippen LogP contribution is -2.19. The molecule has 2 N–H and O–H groups in total. The summed E-state index contributed by atoms with van der Waals surface area (Å²) in [6.45, 7) is -1.41. The lowest BCUT2D eigenvalue weighted by Gasteiger charge is -2.11. The van der Waals surface area contributed by atoms with Crippen LogP contribution in [0.5, 0.6) is 5.75 Å². The molecular weight excluding hydrogens is 399 g/mol. The van der Waals surface area contributed by atoms with E-state index in [1.807, 2.05) is 0 Å². The first kappa shape index (κ1) is 20.8. The van der Waals surface area contributed by atoms with Crippen molar-refractivity contribution < 1.29 is 27.5 Å². The molecule has 3 rings (SSSR count). The first-order valence-electron chi connectivity index (χ1n) is 8.72. The van der Waals surface area contributed by atoms with Crippen LogP contribution in [-0.4, -0.2) is 29.6 Å². The van der Waals surface area contributed by atoms with Crippen molar-refractivity contribution in [3.8, 4) is 5.75 Å². The van der Waals surface area contributed by atoms with E-state index in [2.05, 4.69) is 20.4 Å². The number of amides is 2. The van der Waals surface area contributed by atoms with Gasteiger partial charge >= 0.3 is 6.18 Å². The number of hydrogen-bond acceptors (Lipinski definition) is 4. The van der Waals surface area contributed by atoms with Gasteiger partial charge in [0.2, 0.25) is 0 Å². The van der Waals surface area contributed by atoms with E-state index in [1.54, 1.807) is 36.4 Å². The van der Waals surface area contributed by atoms with Gasteiger partial charge < -0.3 is 15.4 Å². The molecular formula is C21H16F3N3O3. The maximum absolute atomic E-state index is 12.4. The Balaban J connectivity index is 1.61. The van der Waals surface area contributed by atoms with Crippen LogP contribution < -0.4 is 15.4 Å². The van der Waals surface area contributed by atoms with E-state index < -0.39 is 18.7 Å². The number of aromatic nitrogens is 1. The van der Waals surface area contributed by atoms with Crippen molar-refractivity contribution in [2.75, 3.05) is 17.2 Å². The second-order valence-electron chi connectivity index (χ2n) is 6.15. The average molecular weight is 415 g/mol. The number of pyridine rings is 1. The zero-order chi connectivity index (χ0) is 21.6. The van der Waals surface area contributed by atoms with Crippen LogP contribution in [0.15, 0.2) is 73.1 Å². The normalized spacial score (nSPS) is 10.9. The van der Waals surface area contributed by atoms with Gasteiger partial charge in [-0.15, -0.1) is 0 Å². The van der Waals surface area contributed by atoms with Crippen LogP contribution in [0.3, 0.4) is 0 Å². The van der Waals surface area contributed by atoms with Crippen molar-refractivity contribution in [2.24, 2.45) is 0 Å². The Bertz CT molecular complexity index is 1020. The van der Waals surface area contributed by atoms with Crippen molar-refractivity contribution in [1.29, 1.82) is 0 Å². The van der Waals surface area contributed by atoms with Crippen LogP contribution >= 0.6 is 0 Å². The zero-order valence-corrected chi connectivity index (χ0v) is 15.4. The number of ether oxygens (including phenoxy) is 1. The number of anilines is 2. The number of benzene rings is 2. The fraction of sp³-hybridized carbons (Fsp3) is 0.0952. The van der Waals surface area contributed by atoms with Gasteiger partial charge in [0.15, 0.2) is 6.61 Å². The van der Waals surface area contributed by atoms with Crippen molar-refractivity contribution >= 4 is 23.2 Å². The van der Waals surface area contributed by atoms with Gasteiger partial charge in [0.05, 0.1) is 0 Å². The number of nitrogens with one attached hydrogen (secondary N) is 2. The molecule has 1 aromatic heterocycles. The Morgan fingerprint density at radius 3 is 1.90 bits per heavy atom. The standard InChI is InChI=1S/C21H16F3N3O3/c22-21(23,24)13-30-18-6-4-14(5-7-18)19(28)26-16-2-1-3-17(12-16)27-20(29)15-8-10-25-11-9-15/h1-12H,13H2,(H,26,28)(H,27,29). The molecule has 0 bridgehead atoms. The Hall–Kier alpha value is -3.88. The maximum atomic E-state index is 12.4. The van der Waals surface area contributed by atoms with Crippen molar-refractivity contribution in [2.45, 2.75) is 6.18 Å². The van der Waals surface area contributed by atoms with Crippen LogP contribution in [0.25, 0.3) is 0 Å². The van der Waals surface area contributed by atoms with E-state index in [0.717, 1.165) is 0 Å². The highest BCUT2D eigenvalue weighted by molar-refractivity contribution is 6.06. The topological polar surface area (TPSA) is 80.3 Å². The predicted molar refractivity (Wildman–Crippen MR) is 105 cm³/mol. The van der Waals surface area contributed by atoms with Crippen molar-refractivity contribution in [3.05, 3.63) is 84.2 Å². The molecule has 0 saturated carbocycles. The third kappa shape index (κ3) is 6.06. The molecule has 0 radical (unpaired) electrons. The van der Waals surface area contributed by atoms with Gasteiger partial charge in [-0.25, -0.2) is 0 Å². The Kier molecular flexibility index (Phi) is 6.31. The van der Waals surface area contributed by atoms with Crippen LogP contribution in [-0.2, 0) is 0 Å². The molecule has 0 fully saturated rings. The summed E-state index contributed by atoms with van der Waals surface area (Å²) in [5, 5.41) is 5.39. The molecule has 3 aromatic rings. The second-order valence-corrected chi connectivity index (χ2v) is 6.15. The molecule has 0 aliphatic carbocycles. The fourth-order valence-electron chi connectivity index (χ4n) is 2.45. The first-order chi connectivity index (χ1) is 14.3. The van der Waals surface area contributed by atoms with Gasteiger partial charge in [0.25, 0.3) is 11.8 Å². The van der Waals surface area contributed by atoms with E-state index >= 15 is 0 Å². The lowest BCUT2D eigenvalue weighted by atomic mass is 10.2. The first-order valence-corrected chi connectivity index (χ1v) is 8.72. The van der Waals surface area contributed by atoms with E-state index in [1.165, 1.54) is 36.7 Å². The van der Waals surface area contributed by atoms with E-state index in [4.69, 9.17) is 0 Å². The average Bonchev–Trinajstić information content (AvgIpc) is 2.73. The van der Waals surface area contributed by atoms with E-state index in [0.29, 0.717) is 16.9 Å². The van der Waals surface area contributed by atoms with Crippen LogP contribution in [0.2, 0.25) is 0 Å². The third-order valence-electron chi connectivity index (χ3n) is 3.84. The van der Waals surface area contributed by atoms with Crippen molar-refractivity contribution in [1.82, 2.24) is 4.98 Å². The summed E-state index contributed by atoms with van der Waals surface area (Å²) < 4.78 is 41.2. The molecule has 154 valence electrons. The molecule has 1 heterocycles. The number of hydrogen-bond donors (Lipinski definition) is 2. The monoisotopic (exact) mass is 415 g/mol. The summed E-state index contributed by atoms with van der Waals surface area (Å²) in [4.78, 5) is 28.4. The number of rotatable bonds is 6. The summed E-state index contributed by atoms with van der Waals surface area (Å²) in [5.41, 5.74) is 1.59. The smallest absolute Gasteiger partial charge is 0.422 e. The number of carbonyl (C=O) groups excluding carboxylic acids is 2. The Morgan fingerprint density at radius 1 is 0.833 bits per heavy atom. The number of carbonyl (C=O) groups is 2. The number of halogens is 3. The summed E-state index contributed by atoms with van der Waals surface area (Å²) in [6.07, 6.45) is -1.43. The second kappa shape index (κ2) is 9.08. The molecule has 0 aliphatic heterocycles.